The van der Waals surface area contributed by atoms with Gasteiger partial charge in [0.25, 0.3) is 0 Å². The molecule has 0 atom stereocenters. The van der Waals surface area contributed by atoms with Crippen LogP contribution < -0.4 is 20.5 Å². The summed E-state index contributed by atoms with van der Waals surface area (Å²) in [5.74, 6) is 1.25. The average Bonchev–Trinajstić information content (AvgIpc) is 2.92. The quantitative estimate of drug-likeness (QED) is 0.156. The molecule has 2 amide bonds. The van der Waals surface area contributed by atoms with E-state index >= 15 is 0 Å². The fraction of sp³-hybridized carbons (Fsp3) is 0.531. The highest BCUT2D eigenvalue weighted by molar-refractivity contribution is 5.68. The van der Waals surface area contributed by atoms with Gasteiger partial charge in [0.05, 0.1) is 19.8 Å². The predicted octanol–water partition coefficient (Wildman–Crippen LogP) is 5.48. The molecule has 0 saturated carbocycles. The zero-order valence-corrected chi connectivity index (χ0v) is 26.2. The maximum atomic E-state index is 13.2. The number of amides is 2. The maximum absolute atomic E-state index is 13.2. The van der Waals surface area contributed by atoms with Gasteiger partial charge in [0.2, 0.25) is 6.08 Å². The standard InChI is InChI=1S/C32H46N4O7/c1-31(2,3)42-29(38)35-16-10-18-41-28-15-9-13-25(26(28)20-33)22-36(30(39)43-32(4,5)6)17-11-19-40-27-14-8-7-12-24(27)21-34-23-37/h7-9,12-15H,10-11,16-22,33H2,1-6H3,(H,35,38). The van der Waals surface area contributed by atoms with E-state index in [2.05, 4.69) is 10.3 Å². The van der Waals surface area contributed by atoms with Gasteiger partial charge in [-0.3, -0.25) is 0 Å². The number of para-hydroxylation sites is 1. The first-order valence-corrected chi connectivity index (χ1v) is 14.5. The van der Waals surface area contributed by atoms with Gasteiger partial charge in [-0.05, 0) is 72.1 Å². The Labute approximate surface area is 254 Å². The van der Waals surface area contributed by atoms with Gasteiger partial charge in [0.15, 0.2) is 0 Å². The van der Waals surface area contributed by atoms with Crippen LogP contribution in [0.15, 0.2) is 47.5 Å². The van der Waals surface area contributed by atoms with E-state index in [1.54, 1.807) is 11.0 Å². The van der Waals surface area contributed by atoms with Crippen molar-refractivity contribution < 1.29 is 33.3 Å². The molecule has 2 rings (SSSR count). The molecular formula is C32H46N4O7. The van der Waals surface area contributed by atoms with Crippen LogP contribution in [0, 0.1) is 0 Å². The molecule has 3 N–H and O–H groups in total. The van der Waals surface area contributed by atoms with Gasteiger partial charge in [0, 0.05) is 37.3 Å². The number of carbonyl (C=O) groups is 2. The number of hydrogen-bond acceptors (Lipinski definition) is 9. The van der Waals surface area contributed by atoms with Crippen molar-refractivity contribution in [1.29, 1.82) is 0 Å². The molecule has 0 fully saturated rings. The van der Waals surface area contributed by atoms with Crippen LogP contribution in [-0.4, -0.2) is 60.7 Å². The molecule has 236 valence electrons. The Morgan fingerprint density at radius 2 is 1.51 bits per heavy atom. The van der Waals surface area contributed by atoms with Crippen molar-refractivity contribution in [2.75, 3.05) is 26.3 Å². The number of alkyl carbamates (subject to hydrolysis) is 1. The van der Waals surface area contributed by atoms with Crippen LogP contribution >= 0.6 is 0 Å². The third kappa shape index (κ3) is 13.6. The molecule has 0 aliphatic heterocycles. The first-order chi connectivity index (χ1) is 20.3. The Morgan fingerprint density at radius 3 is 2.19 bits per heavy atom. The molecule has 0 bridgehead atoms. The normalized spacial score (nSPS) is 11.2. The van der Waals surface area contributed by atoms with Crippen LogP contribution in [0.1, 0.15) is 71.1 Å². The Hall–Kier alpha value is -4.08. The summed E-state index contributed by atoms with van der Waals surface area (Å²) in [5.41, 5.74) is 7.31. The number of isocyanates is 1. The zero-order chi connectivity index (χ0) is 31.9. The fourth-order valence-corrected chi connectivity index (χ4v) is 3.98. The largest absolute Gasteiger partial charge is 0.493 e. The molecule has 11 heteroatoms. The van der Waals surface area contributed by atoms with Gasteiger partial charge in [0.1, 0.15) is 22.7 Å². The van der Waals surface area contributed by atoms with Crippen molar-refractivity contribution in [1.82, 2.24) is 10.2 Å². The average molecular weight is 599 g/mol. The lowest BCUT2D eigenvalue weighted by Crippen LogP contribution is -2.37. The van der Waals surface area contributed by atoms with E-state index in [0.717, 1.165) is 16.7 Å². The first kappa shape index (κ1) is 35.1. The number of carbonyl (C=O) groups excluding carboxylic acids is 3. The van der Waals surface area contributed by atoms with Gasteiger partial charge in [-0.1, -0.05) is 30.3 Å². The molecule has 0 radical (unpaired) electrons. The Bertz CT molecular complexity index is 1230. The van der Waals surface area contributed by atoms with Crippen LogP contribution in [0.2, 0.25) is 0 Å². The molecule has 0 aromatic heterocycles. The molecule has 0 unspecified atom stereocenters. The fourth-order valence-electron chi connectivity index (χ4n) is 3.98. The number of hydrogen-bond donors (Lipinski definition) is 2. The van der Waals surface area contributed by atoms with Crippen LogP contribution in [-0.2, 0) is 33.9 Å². The highest BCUT2D eigenvalue weighted by Gasteiger charge is 2.23. The number of benzene rings is 2. The lowest BCUT2D eigenvalue weighted by molar-refractivity contribution is 0.0224. The maximum Gasteiger partial charge on any atom is 0.410 e. The van der Waals surface area contributed by atoms with E-state index in [1.165, 1.54) is 0 Å². The topological polar surface area (TPSA) is 142 Å². The summed E-state index contributed by atoms with van der Waals surface area (Å²) < 4.78 is 22.9. The summed E-state index contributed by atoms with van der Waals surface area (Å²) in [6, 6.07) is 13.0. The summed E-state index contributed by atoms with van der Waals surface area (Å²) >= 11 is 0. The zero-order valence-electron chi connectivity index (χ0n) is 26.2. The summed E-state index contributed by atoms with van der Waals surface area (Å²) in [4.78, 5) is 40.8. The van der Waals surface area contributed by atoms with Crippen molar-refractivity contribution in [3.63, 3.8) is 0 Å². The Kier molecular flexibility index (Phi) is 14.0. The molecule has 0 heterocycles. The number of ether oxygens (including phenoxy) is 4. The van der Waals surface area contributed by atoms with Crippen LogP contribution in [0.5, 0.6) is 11.5 Å². The van der Waals surface area contributed by atoms with Crippen molar-refractivity contribution in [2.24, 2.45) is 10.7 Å². The van der Waals surface area contributed by atoms with Crippen molar-refractivity contribution >= 4 is 18.3 Å². The van der Waals surface area contributed by atoms with E-state index in [-0.39, 0.29) is 19.6 Å². The van der Waals surface area contributed by atoms with Crippen molar-refractivity contribution in [2.45, 2.75) is 85.2 Å². The van der Waals surface area contributed by atoms with Gasteiger partial charge in [-0.2, -0.15) is 0 Å². The molecule has 2 aromatic rings. The summed E-state index contributed by atoms with van der Waals surface area (Å²) in [5, 5.41) is 2.72. The van der Waals surface area contributed by atoms with Crippen molar-refractivity contribution in [3.8, 4) is 11.5 Å². The molecule has 0 spiro atoms. The van der Waals surface area contributed by atoms with Gasteiger partial charge < -0.3 is 34.9 Å². The number of rotatable bonds is 15. The smallest absolute Gasteiger partial charge is 0.410 e. The third-order valence-corrected chi connectivity index (χ3v) is 5.81. The van der Waals surface area contributed by atoms with Crippen LogP contribution in [0.3, 0.4) is 0 Å². The second kappa shape index (κ2) is 17.1. The lowest BCUT2D eigenvalue weighted by Gasteiger charge is -2.28. The monoisotopic (exact) mass is 598 g/mol. The Balaban J connectivity index is 2.04. The van der Waals surface area contributed by atoms with E-state index in [0.29, 0.717) is 50.6 Å². The molecule has 43 heavy (non-hydrogen) atoms. The number of aliphatic imine (C=N–C) groups is 1. The van der Waals surface area contributed by atoms with E-state index in [9.17, 15) is 14.4 Å². The first-order valence-electron chi connectivity index (χ1n) is 14.5. The molecule has 11 nitrogen and oxygen atoms in total. The van der Waals surface area contributed by atoms with Gasteiger partial charge >= 0.3 is 12.2 Å². The SMILES string of the molecule is CC(C)(C)OC(=O)NCCCOc1cccc(CN(CCCOc2ccccc2CN=C=O)C(=O)OC(C)(C)C)c1CN. The number of nitrogens with one attached hydrogen (secondary N) is 1. The second-order valence-electron chi connectivity index (χ2n) is 11.8. The van der Waals surface area contributed by atoms with E-state index < -0.39 is 23.4 Å². The molecule has 0 aliphatic carbocycles. The molecule has 0 aliphatic rings. The lowest BCUT2D eigenvalue weighted by atomic mass is 10.1. The molecule has 0 saturated heterocycles. The minimum atomic E-state index is -0.668. The summed E-state index contributed by atoms with van der Waals surface area (Å²) in [7, 11) is 0. The van der Waals surface area contributed by atoms with Gasteiger partial charge in [-0.25, -0.2) is 19.4 Å². The van der Waals surface area contributed by atoms with E-state index in [1.807, 2.05) is 84.0 Å². The van der Waals surface area contributed by atoms with E-state index in [4.69, 9.17) is 24.7 Å². The Morgan fingerprint density at radius 1 is 0.884 bits per heavy atom. The summed E-state index contributed by atoms with van der Waals surface area (Å²) in [6.07, 6.45) is 1.73. The molecule has 2 aromatic carbocycles. The minimum absolute atomic E-state index is 0.185. The summed E-state index contributed by atoms with van der Waals surface area (Å²) in [6.45, 7) is 13.0. The highest BCUT2D eigenvalue weighted by atomic mass is 16.6. The number of nitrogens with two attached hydrogens (primary N) is 1. The van der Waals surface area contributed by atoms with Crippen molar-refractivity contribution in [3.05, 3.63) is 59.2 Å². The van der Waals surface area contributed by atoms with Gasteiger partial charge in [-0.15, -0.1) is 0 Å². The molecular weight excluding hydrogens is 552 g/mol. The highest BCUT2D eigenvalue weighted by Crippen LogP contribution is 2.25. The predicted molar refractivity (Wildman–Crippen MR) is 164 cm³/mol. The van der Waals surface area contributed by atoms with Crippen LogP contribution in [0.4, 0.5) is 9.59 Å². The number of nitrogens with zero attached hydrogens (tertiary/aromatic N) is 2. The van der Waals surface area contributed by atoms with Crippen LogP contribution in [0.25, 0.3) is 0 Å². The minimum Gasteiger partial charge on any atom is -0.493 e. The second-order valence-corrected chi connectivity index (χ2v) is 11.8. The third-order valence-electron chi connectivity index (χ3n) is 5.81.